The van der Waals surface area contributed by atoms with Gasteiger partial charge in [0.15, 0.2) is 5.43 Å². The van der Waals surface area contributed by atoms with Gasteiger partial charge >= 0.3 is 5.97 Å². The predicted octanol–water partition coefficient (Wildman–Crippen LogP) is 2.24. The minimum Gasteiger partial charge on any atom is -0.468 e. The number of hydrogen-bond donors (Lipinski definition) is 0. The van der Waals surface area contributed by atoms with Gasteiger partial charge in [-0.3, -0.25) is 19.7 Å². The molecule has 116 valence electrons. The Balaban J connectivity index is 2.45. The topological polar surface area (TPSA) is 91.4 Å². The van der Waals surface area contributed by atoms with Crippen LogP contribution in [0, 0.1) is 10.1 Å². The fourth-order valence-electron chi connectivity index (χ4n) is 2.59. The van der Waals surface area contributed by atoms with Crippen LogP contribution >= 0.6 is 0 Å². The molecule has 0 N–H and O–H groups in total. The number of esters is 1. The first-order chi connectivity index (χ1) is 11.0. The Hall–Kier alpha value is -3.22. The standard InChI is InChI=1S/C16H12N2O5/c1-23-15(19)9-17-13-5-3-2-4-11(13)16(20)12-8-10(18(21)22)6-7-14(12)17/h2-8H,9H2,1H3. The lowest BCUT2D eigenvalue weighted by molar-refractivity contribution is -0.384. The summed E-state index contributed by atoms with van der Waals surface area (Å²) in [6, 6.07) is 10.8. The highest BCUT2D eigenvalue weighted by Crippen LogP contribution is 2.23. The van der Waals surface area contributed by atoms with Crippen molar-refractivity contribution in [1.29, 1.82) is 0 Å². The number of benzene rings is 2. The van der Waals surface area contributed by atoms with E-state index in [0.29, 0.717) is 16.4 Å². The monoisotopic (exact) mass is 312 g/mol. The largest absolute Gasteiger partial charge is 0.468 e. The number of nitro groups is 1. The van der Waals surface area contributed by atoms with E-state index < -0.39 is 10.9 Å². The highest BCUT2D eigenvalue weighted by atomic mass is 16.6. The normalized spacial score (nSPS) is 10.8. The van der Waals surface area contributed by atoms with E-state index in [1.807, 2.05) is 0 Å². The molecule has 0 aliphatic rings. The lowest BCUT2D eigenvalue weighted by Gasteiger charge is -2.13. The summed E-state index contributed by atoms with van der Waals surface area (Å²) in [5.74, 6) is -0.474. The number of hydrogen-bond acceptors (Lipinski definition) is 5. The molecule has 0 fully saturated rings. The first-order valence-corrected chi connectivity index (χ1v) is 6.79. The predicted molar refractivity (Wildman–Crippen MR) is 84.4 cm³/mol. The van der Waals surface area contributed by atoms with Crippen molar-refractivity contribution in [1.82, 2.24) is 4.57 Å². The number of nitrogens with zero attached hydrogens (tertiary/aromatic N) is 2. The molecule has 0 atom stereocenters. The number of carbonyl (C=O) groups is 1. The summed E-state index contributed by atoms with van der Waals surface area (Å²) < 4.78 is 6.32. The van der Waals surface area contributed by atoms with Gasteiger partial charge in [0.05, 0.1) is 28.5 Å². The molecule has 0 amide bonds. The fraction of sp³-hybridized carbons (Fsp3) is 0.125. The van der Waals surface area contributed by atoms with Crippen molar-refractivity contribution in [2.75, 3.05) is 7.11 Å². The van der Waals surface area contributed by atoms with Crippen molar-refractivity contribution in [2.45, 2.75) is 6.54 Å². The smallest absolute Gasteiger partial charge is 0.325 e. The molecule has 0 saturated heterocycles. The number of para-hydroxylation sites is 1. The third-order valence-electron chi connectivity index (χ3n) is 3.68. The number of methoxy groups -OCH3 is 1. The molecule has 7 heteroatoms. The lowest BCUT2D eigenvalue weighted by atomic mass is 10.1. The van der Waals surface area contributed by atoms with Gasteiger partial charge in [0.2, 0.25) is 0 Å². The summed E-state index contributed by atoms with van der Waals surface area (Å²) in [6.07, 6.45) is 0. The second-order valence-electron chi connectivity index (χ2n) is 4.97. The third kappa shape index (κ3) is 2.42. The number of fused-ring (bicyclic) bond motifs is 2. The van der Waals surface area contributed by atoms with E-state index >= 15 is 0 Å². The van der Waals surface area contributed by atoms with Gasteiger partial charge in [-0.2, -0.15) is 0 Å². The van der Waals surface area contributed by atoms with Gasteiger partial charge < -0.3 is 9.30 Å². The molecular formula is C16H12N2O5. The number of ether oxygens (including phenoxy) is 1. The van der Waals surface area contributed by atoms with Crippen molar-refractivity contribution in [2.24, 2.45) is 0 Å². The van der Waals surface area contributed by atoms with Gasteiger partial charge in [-0.25, -0.2) is 0 Å². The second-order valence-corrected chi connectivity index (χ2v) is 4.97. The minimum atomic E-state index is -0.557. The third-order valence-corrected chi connectivity index (χ3v) is 3.68. The SMILES string of the molecule is COC(=O)Cn1c2ccccc2c(=O)c2cc([N+](=O)[O-])ccc21. The first kappa shape index (κ1) is 14.7. The number of pyridine rings is 1. The molecule has 7 nitrogen and oxygen atoms in total. The number of aromatic nitrogens is 1. The first-order valence-electron chi connectivity index (χ1n) is 6.79. The average molecular weight is 312 g/mol. The number of carbonyl (C=O) groups excluding carboxylic acids is 1. The molecule has 0 unspecified atom stereocenters. The molecule has 1 heterocycles. The van der Waals surface area contributed by atoms with Gasteiger partial charge in [0.25, 0.3) is 5.69 Å². The Labute approximate surface area is 129 Å². The number of nitro benzene ring substituents is 1. The van der Waals surface area contributed by atoms with Gasteiger partial charge in [0.1, 0.15) is 6.54 Å². The Kier molecular flexibility index (Phi) is 3.53. The van der Waals surface area contributed by atoms with Crippen molar-refractivity contribution in [3.63, 3.8) is 0 Å². The van der Waals surface area contributed by atoms with Gasteiger partial charge in [-0.15, -0.1) is 0 Å². The highest BCUT2D eigenvalue weighted by Gasteiger charge is 2.16. The molecule has 0 saturated carbocycles. The second kappa shape index (κ2) is 5.53. The Morgan fingerprint density at radius 1 is 1.17 bits per heavy atom. The summed E-state index contributed by atoms with van der Waals surface area (Å²) >= 11 is 0. The van der Waals surface area contributed by atoms with Crippen LogP contribution in [0.4, 0.5) is 5.69 Å². The van der Waals surface area contributed by atoms with Crippen molar-refractivity contribution in [3.8, 4) is 0 Å². The van der Waals surface area contributed by atoms with Crippen molar-refractivity contribution < 1.29 is 14.5 Å². The van der Waals surface area contributed by atoms with Crippen LogP contribution < -0.4 is 5.43 Å². The van der Waals surface area contributed by atoms with E-state index in [9.17, 15) is 19.7 Å². The Morgan fingerprint density at radius 3 is 2.57 bits per heavy atom. The highest BCUT2D eigenvalue weighted by molar-refractivity contribution is 5.95. The lowest BCUT2D eigenvalue weighted by Crippen LogP contribution is -2.17. The quantitative estimate of drug-likeness (QED) is 0.320. The van der Waals surface area contributed by atoms with E-state index in [-0.39, 0.29) is 23.0 Å². The molecule has 3 aromatic rings. The van der Waals surface area contributed by atoms with Crippen LogP contribution in [0.5, 0.6) is 0 Å². The molecule has 0 radical (unpaired) electrons. The molecular weight excluding hydrogens is 300 g/mol. The molecule has 0 bridgehead atoms. The van der Waals surface area contributed by atoms with Crippen LogP contribution in [0.2, 0.25) is 0 Å². The zero-order valence-electron chi connectivity index (χ0n) is 12.2. The van der Waals surface area contributed by atoms with Crippen LogP contribution in [-0.4, -0.2) is 22.6 Å². The van der Waals surface area contributed by atoms with E-state index in [4.69, 9.17) is 4.74 Å². The molecule has 0 aliphatic heterocycles. The summed E-state index contributed by atoms with van der Waals surface area (Å²) in [5.41, 5.74) is 0.545. The van der Waals surface area contributed by atoms with Crippen LogP contribution in [0.15, 0.2) is 47.3 Å². The number of rotatable bonds is 3. The summed E-state index contributed by atoms with van der Waals surface area (Å²) in [7, 11) is 1.28. The van der Waals surface area contributed by atoms with E-state index in [2.05, 4.69) is 0 Å². The average Bonchev–Trinajstić information content (AvgIpc) is 2.57. The van der Waals surface area contributed by atoms with Gasteiger partial charge in [0, 0.05) is 17.5 Å². The summed E-state index contributed by atoms with van der Waals surface area (Å²) in [5, 5.41) is 11.5. The molecule has 2 aromatic carbocycles. The zero-order valence-corrected chi connectivity index (χ0v) is 12.2. The van der Waals surface area contributed by atoms with Crippen LogP contribution in [0.25, 0.3) is 21.8 Å². The van der Waals surface area contributed by atoms with Crippen LogP contribution in [0.1, 0.15) is 0 Å². The zero-order chi connectivity index (χ0) is 16.6. The number of non-ortho nitro benzene ring substituents is 1. The molecule has 23 heavy (non-hydrogen) atoms. The summed E-state index contributed by atoms with van der Waals surface area (Å²) in [4.78, 5) is 34.7. The van der Waals surface area contributed by atoms with E-state index in [0.717, 1.165) is 0 Å². The molecule has 3 rings (SSSR count). The van der Waals surface area contributed by atoms with Crippen molar-refractivity contribution in [3.05, 3.63) is 62.8 Å². The molecule has 0 aliphatic carbocycles. The van der Waals surface area contributed by atoms with E-state index in [1.54, 1.807) is 28.8 Å². The maximum absolute atomic E-state index is 12.6. The van der Waals surface area contributed by atoms with Gasteiger partial charge in [-0.05, 0) is 18.2 Å². The van der Waals surface area contributed by atoms with E-state index in [1.165, 1.54) is 25.3 Å². The fourth-order valence-corrected chi connectivity index (χ4v) is 2.59. The summed E-state index contributed by atoms with van der Waals surface area (Å²) in [6.45, 7) is -0.0917. The molecule has 0 spiro atoms. The Bertz CT molecular complexity index is 1010. The van der Waals surface area contributed by atoms with Crippen molar-refractivity contribution >= 4 is 33.5 Å². The van der Waals surface area contributed by atoms with Gasteiger partial charge in [-0.1, -0.05) is 12.1 Å². The molecule has 1 aromatic heterocycles. The van der Waals surface area contributed by atoms with Crippen LogP contribution in [-0.2, 0) is 16.1 Å². The Morgan fingerprint density at radius 2 is 1.87 bits per heavy atom. The maximum atomic E-state index is 12.6. The minimum absolute atomic E-state index is 0.0917. The maximum Gasteiger partial charge on any atom is 0.325 e. The van der Waals surface area contributed by atoms with Crippen LogP contribution in [0.3, 0.4) is 0 Å².